The van der Waals surface area contributed by atoms with E-state index in [-0.39, 0.29) is 30.0 Å². The van der Waals surface area contributed by atoms with Crippen molar-refractivity contribution in [2.75, 3.05) is 57.0 Å². The number of hydrogen-bond donors (Lipinski definition) is 3. The molecule has 11 heteroatoms. The first-order valence-electron chi connectivity index (χ1n) is 14.3. The third kappa shape index (κ3) is 7.52. The zero-order valence-corrected chi connectivity index (χ0v) is 24.5. The molecule has 0 spiro atoms. The second-order valence-corrected chi connectivity index (χ2v) is 10.7. The fourth-order valence-electron chi connectivity index (χ4n) is 5.07. The molecule has 1 aromatic heterocycles. The lowest BCUT2D eigenvalue weighted by molar-refractivity contribution is -0.138. The summed E-state index contributed by atoms with van der Waals surface area (Å²) in [5.74, 6) is 6.19. The largest absolute Gasteiger partial charge is 0.416 e. The first-order valence-corrected chi connectivity index (χ1v) is 14.3. The number of hydrogen-bond acceptors (Lipinski definition) is 7. The summed E-state index contributed by atoms with van der Waals surface area (Å²) in [6.45, 7) is 5.24. The number of aliphatic hydroxyl groups is 1. The van der Waals surface area contributed by atoms with Crippen molar-refractivity contribution in [3.8, 4) is 11.8 Å². The molecule has 1 aliphatic rings. The maximum atomic E-state index is 14.1. The van der Waals surface area contributed by atoms with E-state index >= 15 is 0 Å². The highest BCUT2D eigenvalue weighted by Gasteiger charge is 2.34. The van der Waals surface area contributed by atoms with Crippen LogP contribution in [0.2, 0.25) is 0 Å². The molecule has 1 amide bonds. The van der Waals surface area contributed by atoms with Gasteiger partial charge < -0.3 is 15.7 Å². The second kappa shape index (κ2) is 13.4. The summed E-state index contributed by atoms with van der Waals surface area (Å²) < 4.78 is 42.2. The number of aryl methyl sites for hydroxylation is 1. The fraction of sp³-hybridized carbons (Fsp3) is 0.303. The summed E-state index contributed by atoms with van der Waals surface area (Å²) in [6, 6.07) is 14.5. The number of nitrogens with zero attached hydrogens (tertiary/aromatic N) is 4. The highest BCUT2D eigenvalue weighted by Crippen LogP contribution is 2.35. The molecule has 4 aromatic rings. The number of aliphatic hydroxyl groups excluding tert-OH is 1. The number of fused-ring (bicyclic) bond motifs is 1. The van der Waals surface area contributed by atoms with E-state index in [1.807, 2.05) is 30.0 Å². The molecule has 0 unspecified atom stereocenters. The maximum absolute atomic E-state index is 14.1. The Labute approximate surface area is 253 Å². The van der Waals surface area contributed by atoms with E-state index in [1.165, 1.54) is 12.1 Å². The monoisotopic (exact) mass is 602 g/mol. The standard InChI is InChI=1S/C33H33F3N6O2/c1-22-3-6-25(18-24(22)7-4-23-5-8-26-20-38-32(37-2)40-30(26)17-23)31(44)39-28-10-9-27(29(19-28)33(34,35)36)21-42-13-11-41(12-14-42)15-16-43/h3,5-6,8-10,17-20,43H,11-16,21H2,1-2H3,(H,39,44)(H,37,38,40). The molecular weight excluding hydrogens is 569 g/mol. The van der Waals surface area contributed by atoms with Crippen molar-refractivity contribution in [2.24, 2.45) is 0 Å². The molecule has 0 bridgehead atoms. The lowest BCUT2D eigenvalue weighted by Crippen LogP contribution is -2.46. The van der Waals surface area contributed by atoms with E-state index in [9.17, 15) is 18.0 Å². The van der Waals surface area contributed by atoms with Crippen molar-refractivity contribution < 1.29 is 23.1 Å². The van der Waals surface area contributed by atoms with E-state index in [4.69, 9.17) is 5.11 Å². The molecule has 0 radical (unpaired) electrons. The smallest absolute Gasteiger partial charge is 0.395 e. The minimum absolute atomic E-state index is 0.0578. The molecule has 44 heavy (non-hydrogen) atoms. The summed E-state index contributed by atoms with van der Waals surface area (Å²) in [7, 11) is 1.74. The van der Waals surface area contributed by atoms with Crippen molar-refractivity contribution in [3.63, 3.8) is 0 Å². The van der Waals surface area contributed by atoms with Crippen molar-refractivity contribution in [3.05, 3.63) is 94.2 Å². The number of benzene rings is 3. The van der Waals surface area contributed by atoms with Gasteiger partial charge in [0, 0.05) is 80.3 Å². The first kappa shape index (κ1) is 30.9. The molecule has 0 aliphatic carbocycles. The number of anilines is 2. The van der Waals surface area contributed by atoms with Crippen LogP contribution >= 0.6 is 0 Å². The van der Waals surface area contributed by atoms with Gasteiger partial charge in [-0.1, -0.05) is 30.0 Å². The van der Waals surface area contributed by atoms with Gasteiger partial charge in [-0.05, 0) is 54.4 Å². The van der Waals surface area contributed by atoms with Crippen molar-refractivity contribution >= 4 is 28.4 Å². The van der Waals surface area contributed by atoms with Gasteiger partial charge in [-0.25, -0.2) is 9.97 Å². The molecule has 0 saturated carbocycles. The number of amides is 1. The van der Waals surface area contributed by atoms with E-state index < -0.39 is 17.6 Å². The van der Waals surface area contributed by atoms with Crippen molar-refractivity contribution in [2.45, 2.75) is 19.6 Å². The molecule has 0 atom stereocenters. The molecule has 228 valence electrons. The number of piperazine rings is 1. The van der Waals surface area contributed by atoms with Crippen LogP contribution in [0, 0.1) is 18.8 Å². The molecule has 3 N–H and O–H groups in total. The SMILES string of the molecule is CNc1ncc2ccc(C#Cc3cc(C(=O)Nc4ccc(CN5CCN(CCO)CC5)c(C(F)(F)F)c4)ccc3C)cc2n1. The second-order valence-electron chi connectivity index (χ2n) is 10.7. The van der Waals surface area contributed by atoms with Gasteiger partial charge in [0.05, 0.1) is 17.7 Å². The Morgan fingerprint density at radius 2 is 1.77 bits per heavy atom. The number of carbonyl (C=O) groups excluding carboxylic acids is 1. The lowest BCUT2D eigenvalue weighted by atomic mass is 10.0. The van der Waals surface area contributed by atoms with Crippen LogP contribution in [-0.2, 0) is 12.7 Å². The minimum Gasteiger partial charge on any atom is -0.395 e. The minimum atomic E-state index is -4.58. The molecule has 3 aromatic carbocycles. The molecule has 1 saturated heterocycles. The Hall–Kier alpha value is -4.50. The Bertz CT molecular complexity index is 1720. The summed E-state index contributed by atoms with van der Waals surface area (Å²) in [6.07, 6.45) is -2.85. The number of rotatable bonds is 7. The number of β-amino-alcohol motifs (C(OH)–C–C–N with tert-alkyl or cyclic N) is 1. The number of halogens is 3. The van der Waals surface area contributed by atoms with Gasteiger partial charge >= 0.3 is 6.18 Å². The number of alkyl halides is 3. The Balaban J connectivity index is 1.31. The highest BCUT2D eigenvalue weighted by atomic mass is 19.4. The zero-order chi connectivity index (χ0) is 31.3. The van der Waals surface area contributed by atoms with Crippen LogP contribution in [0.25, 0.3) is 10.9 Å². The Morgan fingerprint density at radius 1 is 1.00 bits per heavy atom. The Kier molecular flexibility index (Phi) is 9.44. The number of nitrogens with one attached hydrogen (secondary N) is 2. The highest BCUT2D eigenvalue weighted by molar-refractivity contribution is 6.04. The van der Waals surface area contributed by atoms with Gasteiger partial charge in [0.1, 0.15) is 0 Å². The number of carbonyl (C=O) groups is 1. The predicted molar refractivity (Wildman–Crippen MR) is 164 cm³/mol. The van der Waals surface area contributed by atoms with Crippen LogP contribution in [0.5, 0.6) is 0 Å². The van der Waals surface area contributed by atoms with Gasteiger partial charge in [0.15, 0.2) is 0 Å². The molecule has 2 heterocycles. The average molecular weight is 603 g/mol. The van der Waals surface area contributed by atoms with E-state index in [0.717, 1.165) is 28.1 Å². The summed E-state index contributed by atoms with van der Waals surface area (Å²) in [5.41, 5.74) is 2.68. The zero-order valence-electron chi connectivity index (χ0n) is 24.5. The molecule has 8 nitrogen and oxygen atoms in total. The normalized spacial score (nSPS) is 14.2. The van der Waals surface area contributed by atoms with Gasteiger partial charge in [-0.2, -0.15) is 13.2 Å². The van der Waals surface area contributed by atoms with Crippen LogP contribution in [0.1, 0.15) is 38.2 Å². The van der Waals surface area contributed by atoms with Crippen LogP contribution in [-0.4, -0.2) is 77.2 Å². The maximum Gasteiger partial charge on any atom is 0.416 e. The van der Waals surface area contributed by atoms with Gasteiger partial charge in [-0.3, -0.25) is 14.6 Å². The van der Waals surface area contributed by atoms with Gasteiger partial charge in [0.25, 0.3) is 5.91 Å². The third-order valence-corrected chi connectivity index (χ3v) is 7.60. The molecule has 1 aliphatic heterocycles. The van der Waals surface area contributed by atoms with Gasteiger partial charge in [0.2, 0.25) is 5.95 Å². The topological polar surface area (TPSA) is 93.6 Å². The molecule has 5 rings (SSSR count). The van der Waals surface area contributed by atoms with E-state index in [0.29, 0.717) is 44.2 Å². The number of aromatic nitrogens is 2. The summed E-state index contributed by atoms with van der Waals surface area (Å²) >= 11 is 0. The van der Waals surface area contributed by atoms with Crippen LogP contribution < -0.4 is 10.6 Å². The summed E-state index contributed by atoms with van der Waals surface area (Å²) in [5, 5.41) is 15.5. The fourth-order valence-corrected chi connectivity index (χ4v) is 5.07. The molecule has 1 fully saturated rings. The van der Waals surface area contributed by atoms with E-state index in [2.05, 4.69) is 37.3 Å². The van der Waals surface area contributed by atoms with E-state index in [1.54, 1.807) is 31.4 Å². The first-order chi connectivity index (χ1) is 21.1. The predicted octanol–water partition coefficient (Wildman–Crippen LogP) is 4.76. The van der Waals surface area contributed by atoms with Crippen LogP contribution in [0.15, 0.2) is 60.8 Å². The quantitative estimate of drug-likeness (QED) is 0.263. The van der Waals surface area contributed by atoms with Crippen LogP contribution in [0.3, 0.4) is 0 Å². The lowest BCUT2D eigenvalue weighted by Gasteiger charge is -2.34. The molecular formula is C33H33F3N6O2. The summed E-state index contributed by atoms with van der Waals surface area (Å²) in [4.78, 5) is 25.8. The third-order valence-electron chi connectivity index (χ3n) is 7.60. The van der Waals surface area contributed by atoms with Crippen molar-refractivity contribution in [1.29, 1.82) is 0 Å². The average Bonchev–Trinajstić information content (AvgIpc) is 3.01. The Morgan fingerprint density at radius 3 is 2.50 bits per heavy atom. The van der Waals surface area contributed by atoms with Gasteiger partial charge in [-0.15, -0.1) is 0 Å². The van der Waals surface area contributed by atoms with Crippen molar-refractivity contribution in [1.82, 2.24) is 19.8 Å². The van der Waals surface area contributed by atoms with Crippen LogP contribution in [0.4, 0.5) is 24.8 Å².